The number of H-pyrrole nitrogens is 1. The van der Waals surface area contributed by atoms with Gasteiger partial charge >= 0.3 is 0 Å². The van der Waals surface area contributed by atoms with E-state index in [0.29, 0.717) is 6.54 Å². The lowest BCUT2D eigenvalue weighted by molar-refractivity contribution is 0.239. The van der Waals surface area contributed by atoms with Crippen molar-refractivity contribution in [2.24, 2.45) is 0 Å². The predicted molar refractivity (Wildman–Crippen MR) is 84.2 cm³/mol. The average molecular weight is 307 g/mol. The highest BCUT2D eigenvalue weighted by atomic mass is 32.2. The summed E-state index contributed by atoms with van der Waals surface area (Å²) in [5.74, 6) is 0. The fourth-order valence-electron chi connectivity index (χ4n) is 2.98. The van der Waals surface area contributed by atoms with Gasteiger partial charge in [0, 0.05) is 31.9 Å². The van der Waals surface area contributed by atoms with E-state index in [9.17, 15) is 8.42 Å². The summed E-state index contributed by atoms with van der Waals surface area (Å²) in [5, 5.41) is 1.13. The highest BCUT2D eigenvalue weighted by molar-refractivity contribution is 7.86. The first-order valence-corrected chi connectivity index (χ1v) is 8.67. The molecule has 1 fully saturated rings. The topological polar surface area (TPSA) is 56.4 Å². The number of fused-ring (bicyclic) bond motifs is 1. The molecule has 1 N–H and O–H groups in total. The predicted octanol–water partition coefficient (Wildman–Crippen LogP) is 2.50. The first-order valence-electron chi connectivity index (χ1n) is 7.27. The second-order valence-electron chi connectivity index (χ2n) is 5.72. The van der Waals surface area contributed by atoms with Crippen molar-refractivity contribution >= 4 is 21.1 Å². The molecule has 3 rings (SSSR count). The lowest BCUT2D eigenvalue weighted by Crippen LogP contribution is -2.44. The van der Waals surface area contributed by atoms with E-state index in [-0.39, 0.29) is 6.04 Å². The van der Waals surface area contributed by atoms with Crippen molar-refractivity contribution in [3.63, 3.8) is 0 Å². The normalized spacial score (nSPS) is 21.2. The monoisotopic (exact) mass is 307 g/mol. The molecule has 1 aliphatic heterocycles. The number of aromatic nitrogens is 1. The van der Waals surface area contributed by atoms with Gasteiger partial charge in [-0.25, -0.2) is 0 Å². The Bertz CT molecular complexity index is 703. The lowest BCUT2D eigenvalue weighted by Gasteiger charge is -2.35. The first kappa shape index (κ1) is 14.6. The van der Waals surface area contributed by atoms with E-state index in [4.69, 9.17) is 0 Å². The molecule has 0 aliphatic carbocycles. The van der Waals surface area contributed by atoms with Crippen molar-refractivity contribution < 1.29 is 8.42 Å². The molecule has 6 heteroatoms. The summed E-state index contributed by atoms with van der Waals surface area (Å²) in [6.45, 7) is 0.584. The molecular weight excluding hydrogens is 286 g/mol. The Morgan fingerprint density at radius 1 is 1.24 bits per heavy atom. The van der Waals surface area contributed by atoms with E-state index in [1.54, 1.807) is 18.4 Å². The van der Waals surface area contributed by atoms with Gasteiger partial charge in [0.1, 0.15) is 0 Å². The van der Waals surface area contributed by atoms with Crippen molar-refractivity contribution in [1.29, 1.82) is 0 Å². The van der Waals surface area contributed by atoms with Gasteiger partial charge in [0.25, 0.3) is 10.2 Å². The number of benzene rings is 1. The molecule has 5 nitrogen and oxygen atoms in total. The Morgan fingerprint density at radius 3 is 2.71 bits per heavy atom. The smallest absolute Gasteiger partial charge is 0.282 e. The van der Waals surface area contributed by atoms with E-state index in [1.807, 2.05) is 24.3 Å². The average Bonchev–Trinajstić information content (AvgIpc) is 2.91. The fraction of sp³-hybridized carbons (Fsp3) is 0.467. The summed E-state index contributed by atoms with van der Waals surface area (Å²) in [6.07, 6.45) is 2.84. The minimum Gasteiger partial charge on any atom is -0.357 e. The summed E-state index contributed by atoms with van der Waals surface area (Å²) in [5.41, 5.74) is 2.04. The number of rotatable bonds is 3. The number of nitrogens with zero attached hydrogens (tertiary/aromatic N) is 2. The third kappa shape index (κ3) is 2.59. The van der Waals surface area contributed by atoms with Crippen LogP contribution in [0.2, 0.25) is 0 Å². The van der Waals surface area contributed by atoms with Crippen LogP contribution in [0.3, 0.4) is 0 Å². The zero-order chi connectivity index (χ0) is 15.0. The maximum atomic E-state index is 12.5. The summed E-state index contributed by atoms with van der Waals surface area (Å²) in [7, 11) is -0.209. The first-order chi connectivity index (χ1) is 10.00. The molecule has 2 aromatic rings. The van der Waals surface area contributed by atoms with Crippen LogP contribution in [0.25, 0.3) is 10.9 Å². The molecule has 1 atom stereocenters. The van der Waals surface area contributed by atoms with Crippen molar-refractivity contribution in [2.45, 2.75) is 25.3 Å². The van der Waals surface area contributed by atoms with Crippen molar-refractivity contribution in [1.82, 2.24) is 13.6 Å². The summed E-state index contributed by atoms with van der Waals surface area (Å²) < 4.78 is 28.0. The van der Waals surface area contributed by atoms with Gasteiger partial charge in [-0.1, -0.05) is 24.6 Å². The fourth-order valence-corrected chi connectivity index (χ4v) is 4.30. The van der Waals surface area contributed by atoms with Crippen LogP contribution in [0.4, 0.5) is 0 Å². The SMILES string of the molecule is CN(C)S(=O)(=O)N1CCCCC1c1cc2ccccc2[nH]1. The van der Waals surface area contributed by atoms with Crippen molar-refractivity contribution in [3.8, 4) is 0 Å². The van der Waals surface area contributed by atoms with Crippen LogP contribution in [0.5, 0.6) is 0 Å². The minimum atomic E-state index is -3.39. The molecule has 1 aliphatic rings. The number of nitrogens with one attached hydrogen (secondary N) is 1. The van der Waals surface area contributed by atoms with Gasteiger partial charge in [-0.3, -0.25) is 0 Å². The number of para-hydroxylation sites is 1. The van der Waals surface area contributed by atoms with E-state index in [1.165, 1.54) is 4.31 Å². The standard InChI is InChI=1S/C15H21N3O2S/c1-17(2)21(19,20)18-10-6-5-9-15(18)14-11-12-7-3-4-8-13(12)16-14/h3-4,7-8,11,15-16H,5-6,9-10H2,1-2H3. The molecule has 1 aromatic heterocycles. The van der Waals surface area contributed by atoms with Crippen LogP contribution in [-0.4, -0.2) is 42.7 Å². The third-order valence-corrected chi connectivity index (χ3v) is 6.07. The summed E-state index contributed by atoms with van der Waals surface area (Å²) >= 11 is 0. The Kier molecular flexibility index (Phi) is 3.77. The number of aromatic amines is 1. The minimum absolute atomic E-state index is 0.0986. The van der Waals surface area contributed by atoms with Crippen LogP contribution in [0, 0.1) is 0 Å². The van der Waals surface area contributed by atoms with Gasteiger partial charge in [0.15, 0.2) is 0 Å². The Morgan fingerprint density at radius 2 is 2.00 bits per heavy atom. The van der Waals surface area contributed by atoms with Gasteiger partial charge < -0.3 is 4.98 Å². The molecule has 2 heterocycles. The largest absolute Gasteiger partial charge is 0.357 e. The Hall–Kier alpha value is -1.37. The summed E-state index contributed by atoms with van der Waals surface area (Å²) in [6, 6.07) is 10.0. The van der Waals surface area contributed by atoms with Gasteiger partial charge in [-0.05, 0) is 30.4 Å². The van der Waals surface area contributed by atoms with Crippen molar-refractivity contribution in [2.75, 3.05) is 20.6 Å². The van der Waals surface area contributed by atoms with Gasteiger partial charge in [0.2, 0.25) is 0 Å². The molecule has 0 bridgehead atoms. The molecule has 0 radical (unpaired) electrons. The number of hydrogen-bond acceptors (Lipinski definition) is 2. The van der Waals surface area contributed by atoms with Crippen LogP contribution >= 0.6 is 0 Å². The van der Waals surface area contributed by atoms with E-state index in [0.717, 1.165) is 35.9 Å². The van der Waals surface area contributed by atoms with Crippen LogP contribution < -0.4 is 0 Å². The van der Waals surface area contributed by atoms with Gasteiger partial charge in [-0.15, -0.1) is 0 Å². The zero-order valence-electron chi connectivity index (χ0n) is 12.4. The van der Waals surface area contributed by atoms with E-state index < -0.39 is 10.2 Å². The maximum Gasteiger partial charge on any atom is 0.282 e. The molecular formula is C15H21N3O2S. The van der Waals surface area contributed by atoms with E-state index >= 15 is 0 Å². The second kappa shape index (κ2) is 5.44. The Balaban J connectivity index is 2.01. The van der Waals surface area contributed by atoms with E-state index in [2.05, 4.69) is 11.1 Å². The highest BCUT2D eigenvalue weighted by Crippen LogP contribution is 2.34. The lowest BCUT2D eigenvalue weighted by atomic mass is 10.0. The van der Waals surface area contributed by atoms with Crippen LogP contribution in [0.1, 0.15) is 31.0 Å². The number of piperidine rings is 1. The molecule has 114 valence electrons. The second-order valence-corrected chi connectivity index (χ2v) is 7.82. The molecule has 0 saturated carbocycles. The molecule has 0 amide bonds. The summed E-state index contributed by atoms with van der Waals surface area (Å²) in [4.78, 5) is 3.38. The maximum absolute atomic E-state index is 12.5. The molecule has 21 heavy (non-hydrogen) atoms. The third-order valence-electron chi connectivity index (χ3n) is 4.12. The molecule has 1 unspecified atom stereocenters. The highest BCUT2D eigenvalue weighted by Gasteiger charge is 2.35. The van der Waals surface area contributed by atoms with Crippen molar-refractivity contribution in [3.05, 3.63) is 36.0 Å². The molecule has 0 spiro atoms. The zero-order valence-corrected chi connectivity index (χ0v) is 13.2. The van der Waals surface area contributed by atoms with Gasteiger partial charge in [-0.2, -0.15) is 17.0 Å². The van der Waals surface area contributed by atoms with Gasteiger partial charge in [0.05, 0.1) is 6.04 Å². The van der Waals surface area contributed by atoms with Crippen LogP contribution in [-0.2, 0) is 10.2 Å². The number of hydrogen-bond donors (Lipinski definition) is 1. The molecule has 1 saturated heterocycles. The quantitative estimate of drug-likeness (QED) is 0.947. The molecule has 1 aromatic carbocycles. The van der Waals surface area contributed by atoms with Crippen LogP contribution in [0.15, 0.2) is 30.3 Å². The Labute approximate surface area is 125 Å².